The molecule has 0 N–H and O–H groups in total. The molecule has 0 fully saturated rings. The predicted octanol–water partition coefficient (Wildman–Crippen LogP) is 23.8. The number of allylic oxidation sites excluding steroid dienone is 14. The average Bonchev–Trinajstić information content (AvgIpc) is 3.46. The summed E-state index contributed by atoms with van der Waals surface area (Å²) in [5, 5.41) is 0. The molecule has 0 radical (unpaired) electrons. The topological polar surface area (TPSA) is 78.9 Å². The molecule has 6 nitrogen and oxygen atoms in total. The van der Waals surface area contributed by atoms with Crippen LogP contribution in [-0.4, -0.2) is 37.2 Å². The molecule has 0 spiro atoms. The molecule has 6 heteroatoms. The van der Waals surface area contributed by atoms with Crippen molar-refractivity contribution < 1.29 is 28.6 Å². The summed E-state index contributed by atoms with van der Waals surface area (Å²) in [6, 6.07) is 0. The van der Waals surface area contributed by atoms with Gasteiger partial charge in [-0.25, -0.2) is 0 Å². The van der Waals surface area contributed by atoms with Crippen LogP contribution in [0.15, 0.2) is 85.1 Å². The second-order valence-electron chi connectivity index (χ2n) is 23.1. The minimum atomic E-state index is -0.782. The van der Waals surface area contributed by atoms with Gasteiger partial charge in [0, 0.05) is 19.3 Å². The van der Waals surface area contributed by atoms with Crippen LogP contribution in [0.1, 0.15) is 348 Å². The fourth-order valence-electron chi connectivity index (χ4n) is 9.93. The molecule has 0 aromatic carbocycles. The van der Waals surface area contributed by atoms with E-state index < -0.39 is 6.10 Å². The molecule has 0 heterocycles. The molecule has 1 atom stereocenters. The average molecular weight is 1120 g/mol. The first kappa shape index (κ1) is 76.6. The van der Waals surface area contributed by atoms with Gasteiger partial charge in [-0.1, -0.05) is 298 Å². The van der Waals surface area contributed by atoms with Gasteiger partial charge >= 0.3 is 17.9 Å². The lowest BCUT2D eigenvalue weighted by molar-refractivity contribution is -0.167. The lowest BCUT2D eigenvalue weighted by Crippen LogP contribution is -2.30. The van der Waals surface area contributed by atoms with Crippen LogP contribution in [0.3, 0.4) is 0 Å². The zero-order valence-corrected chi connectivity index (χ0v) is 53.1. The molecule has 0 saturated heterocycles. The summed E-state index contributed by atoms with van der Waals surface area (Å²) >= 11 is 0. The van der Waals surface area contributed by atoms with E-state index in [2.05, 4.69) is 106 Å². The Bertz CT molecular complexity index is 1520. The molecule has 0 amide bonds. The minimum absolute atomic E-state index is 0.0786. The van der Waals surface area contributed by atoms with Crippen LogP contribution >= 0.6 is 0 Å². The van der Waals surface area contributed by atoms with Crippen molar-refractivity contribution >= 4 is 17.9 Å². The van der Waals surface area contributed by atoms with Crippen LogP contribution in [0, 0.1) is 0 Å². The van der Waals surface area contributed by atoms with Crippen molar-refractivity contribution in [3.8, 4) is 0 Å². The zero-order chi connectivity index (χ0) is 57.8. The van der Waals surface area contributed by atoms with Crippen molar-refractivity contribution in [3.63, 3.8) is 0 Å². The second-order valence-corrected chi connectivity index (χ2v) is 23.1. The second kappa shape index (κ2) is 68.1. The van der Waals surface area contributed by atoms with E-state index in [0.29, 0.717) is 19.3 Å². The molecule has 0 aliphatic rings. The van der Waals surface area contributed by atoms with Crippen LogP contribution in [0.4, 0.5) is 0 Å². The zero-order valence-electron chi connectivity index (χ0n) is 53.1. The van der Waals surface area contributed by atoms with Gasteiger partial charge in [-0.05, 0) is 116 Å². The van der Waals surface area contributed by atoms with Crippen molar-refractivity contribution in [2.75, 3.05) is 13.2 Å². The van der Waals surface area contributed by atoms with Crippen LogP contribution < -0.4 is 0 Å². The van der Waals surface area contributed by atoms with Gasteiger partial charge in [0.1, 0.15) is 13.2 Å². The molecule has 462 valence electrons. The standard InChI is InChI=1S/C74H130O6/c1-4-7-10-13-16-19-22-25-27-29-31-33-35-36-37-38-40-41-43-45-47-49-52-55-58-61-64-67-73(76)79-70-71(69-78-72(75)66-63-60-57-54-51-24-21-18-15-12-9-6-3)80-74(77)68-65-62-59-56-53-50-48-46-44-42-39-34-32-30-28-26-23-20-17-14-11-8-5-2/h7,10,16,18-19,21,25,27,30-33,36-37,71H,4-6,8-9,11-15,17,20,22-24,26,28-29,34-35,38-70H2,1-3H3/b10-7-,19-16-,21-18-,27-25-,32-30-,33-31-,37-36-. The molecule has 0 rings (SSSR count). The SMILES string of the molecule is CC/C=C\C/C=C\C/C=C\C/C=C\C/C=C\CCCCCCCCCCCCCC(=O)OCC(COC(=O)CCCCCCC/C=C\CCCCC)OC(=O)CCCCCCCCCCCCC/C=C\CCCCCCCCCC. The highest BCUT2D eigenvalue weighted by atomic mass is 16.6. The molecule has 0 aliphatic carbocycles. The monoisotopic (exact) mass is 1110 g/mol. The Kier molecular flexibility index (Phi) is 65.2. The predicted molar refractivity (Wildman–Crippen MR) is 348 cm³/mol. The van der Waals surface area contributed by atoms with Gasteiger partial charge < -0.3 is 14.2 Å². The summed E-state index contributed by atoms with van der Waals surface area (Å²) in [4.78, 5) is 38.4. The molecule has 80 heavy (non-hydrogen) atoms. The third-order valence-corrected chi connectivity index (χ3v) is 15.1. The Morgan fingerprint density at radius 1 is 0.263 bits per heavy atom. The molecule has 1 unspecified atom stereocenters. The third kappa shape index (κ3) is 65.4. The minimum Gasteiger partial charge on any atom is -0.462 e. The molecule has 0 aromatic heterocycles. The van der Waals surface area contributed by atoms with Gasteiger partial charge in [0.05, 0.1) is 0 Å². The van der Waals surface area contributed by atoms with E-state index in [0.717, 1.165) is 96.3 Å². The fourth-order valence-corrected chi connectivity index (χ4v) is 9.93. The first-order chi connectivity index (χ1) is 39.5. The molecule has 0 bridgehead atoms. The van der Waals surface area contributed by atoms with Gasteiger partial charge in [0.25, 0.3) is 0 Å². The largest absolute Gasteiger partial charge is 0.462 e. The summed E-state index contributed by atoms with van der Waals surface area (Å²) in [5.74, 6) is -0.875. The number of carbonyl (C=O) groups excluding carboxylic acids is 3. The summed E-state index contributed by atoms with van der Waals surface area (Å²) in [5.41, 5.74) is 0. The Balaban J connectivity index is 4.26. The Labute approximate surface area is 496 Å². The first-order valence-electron chi connectivity index (χ1n) is 34.6. The van der Waals surface area contributed by atoms with Crippen molar-refractivity contribution in [2.45, 2.75) is 354 Å². The van der Waals surface area contributed by atoms with E-state index in [1.807, 2.05) is 0 Å². The van der Waals surface area contributed by atoms with E-state index in [4.69, 9.17) is 14.2 Å². The van der Waals surface area contributed by atoms with Crippen LogP contribution in [0.2, 0.25) is 0 Å². The maximum atomic E-state index is 12.9. The van der Waals surface area contributed by atoms with E-state index in [1.165, 1.54) is 212 Å². The van der Waals surface area contributed by atoms with Crippen molar-refractivity contribution in [2.24, 2.45) is 0 Å². The summed E-state index contributed by atoms with van der Waals surface area (Å²) in [7, 11) is 0. The number of ether oxygens (including phenoxy) is 3. The van der Waals surface area contributed by atoms with Crippen LogP contribution in [0.25, 0.3) is 0 Å². The van der Waals surface area contributed by atoms with Crippen molar-refractivity contribution in [1.82, 2.24) is 0 Å². The lowest BCUT2D eigenvalue weighted by Gasteiger charge is -2.18. The maximum absolute atomic E-state index is 12.9. The highest BCUT2D eigenvalue weighted by molar-refractivity contribution is 5.71. The number of rotatable bonds is 63. The Morgan fingerprint density at radius 3 is 0.800 bits per heavy atom. The highest BCUT2D eigenvalue weighted by Gasteiger charge is 2.19. The third-order valence-electron chi connectivity index (χ3n) is 15.1. The number of hydrogen-bond donors (Lipinski definition) is 0. The smallest absolute Gasteiger partial charge is 0.306 e. The molecular weight excluding hydrogens is 985 g/mol. The Hall–Kier alpha value is -3.41. The van der Waals surface area contributed by atoms with Gasteiger partial charge in [-0.2, -0.15) is 0 Å². The highest BCUT2D eigenvalue weighted by Crippen LogP contribution is 2.17. The number of unbranched alkanes of at least 4 members (excludes halogenated alkanes) is 38. The number of esters is 3. The van der Waals surface area contributed by atoms with Gasteiger partial charge in [-0.3, -0.25) is 14.4 Å². The van der Waals surface area contributed by atoms with E-state index in [-0.39, 0.29) is 31.1 Å². The van der Waals surface area contributed by atoms with Crippen molar-refractivity contribution in [3.05, 3.63) is 85.1 Å². The maximum Gasteiger partial charge on any atom is 0.306 e. The van der Waals surface area contributed by atoms with Gasteiger partial charge in [-0.15, -0.1) is 0 Å². The Morgan fingerprint density at radius 2 is 0.487 bits per heavy atom. The van der Waals surface area contributed by atoms with E-state index >= 15 is 0 Å². The fraction of sp³-hybridized carbons (Fsp3) is 0.770. The van der Waals surface area contributed by atoms with Gasteiger partial charge in [0.15, 0.2) is 6.10 Å². The van der Waals surface area contributed by atoms with E-state index in [9.17, 15) is 14.4 Å². The summed E-state index contributed by atoms with van der Waals surface area (Å²) < 4.78 is 17.0. The lowest BCUT2D eigenvalue weighted by atomic mass is 10.0. The molecular formula is C74H130O6. The van der Waals surface area contributed by atoms with E-state index in [1.54, 1.807) is 0 Å². The van der Waals surface area contributed by atoms with Crippen molar-refractivity contribution in [1.29, 1.82) is 0 Å². The number of hydrogen-bond acceptors (Lipinski definition) is 6. The quantitative estimate of drug-likeness (QED) is 0.0261. The molecule has 0 aromatic rings. The van der Waals surface area contributed by atoms with Crippen LogP contribution in [-0.2, 0) is 28.6 Å². The van der Waals surface area contributed by atoms with Gasteiger partial charge in [0.2, 0.25) is 0 Å². The number of carbonyl (C=O) groups is 3. The molecule has 0 saturated carbocycles. The summed E-state index contributed by atoms with van der Waals surface area (Å²) in [6.07, 6.45) is 90.3. The first-order valence-corrected chi connectivity index (χ1v) is 34.6. The molecule has 0 aliphatic heterocycles. The normalized spacial score (nSPS) is 12.6. The summed E-state index contributed by atoms with van der Waals surface area (Å²) in [6.45, 7) is 6.53. The van der Waals surface area contributed by atoms with Crippen LogP contribution in [0.5, 0.6) is 0 Å².